The summed E-state index contributed by atoms with van der Waals surface area (Å²) in [4.78, 5) is 15.4. The van der Waals surface area contributed by atoms with E-state index in [-0.39, 0.29) is 5.92 Å². The molecule has 0 aromatic carbocycles. The van der Waals surface area contributed by atoms with Crippen LogP contribution in [0.25, 0.3) is 0 Å². The van der Waals surface area contributed by atoms with Crippen LogP contribution in [0, 0.1) is 5.92 Å². The number of carbonyl (C=O) groups is 1. The Morgan fingerprint density at radius 3 is 1.34 bits per heavy atom. The van der Waals surface area contributed by atoms with Gasteiger partial charge in [0.05, 0.1) is 0 Å². The van der Waals surface area contributed by atoms with Gasteiger partial charge in [0.25, 0.3) is 0 Å². The van der Waals surface area contributed by atoms with Gasteiger partial charge in [0, 0.05) is 19.0 Å². The molecule has 192 valence electrons. The summed E-state index contributed by atoms with van der Waals surface area (Å²) in [5.41, 5.74) is 5.77. The minimum Gasteiger partial charge on any atom is -0.342 e. The van der Waals surface area contributed by atoms with Crippen molar-refractivity contribution in [2.75, 3.05) is 19.6 Å². The van der Waals surface area contributed by atoms with Gasteiger partial charge in [-0.15, -0.1) is 0 Å². The van der Waals surface area contributed by atoms with Crippen molar-refractivity contribution >= 4 is 5.91 Å². The molecule has 1 unspecified atom stereocenters. The Kier molecular flexibility index (Phi) is 24.6. The maximum Gasteiger partial charge on any atom is 0.225 e. The third kappa shape index (κ3) is 18.9. The number of unbranched alkanes of at least 4 members (excludes halogenated alkanes) is 15. The van der Waals surface area contributed by atoms with E-state index in [2.05, 4.69) is 25.7 Å². The van der Waals surface area contributed by atoms with Gasteiger partial charge in [-0.3, -0.25) is 4.79 Å². The number of nitrogens with zero attached hydrogens (tertiary/aromatic N) is 1. The standard InChI is InChI=1S/C29H60N2O/c1-4-7-10-11-12-13-14-15-16-17-18-19-20-21-23-28(24-22-25-30)29(32)31(26-8-5-2)27-9-6-3/h28H,4-27,30H2,1-3H3. The average molecular weight is 453 g/mol. The van der Waals surface area contributed by atoms with E-state index >= 15 is 0 Å². The Morgan fingerprint density at radius 2 is 0.938 bits per heavy atom. The first-order valence-electron chi connectivity index (χ1n) is 14.7. The molecule has 0 aliphatic heterocycles. The zero-order valence-electron chi connectivity index (χ0n) is 22.5. The van der Waals surface area contributed by atoms with E-state index in [1.807, 2.05) is 0 Å². The summed E-state index contributed by atoms with van der Waals surface area (Å²) in [5.74, 6) is 0.611. The van der Waals surface area contributed by atoms with E-state index < -0.39 is 0 Å². The highest BCUT2D eigenvalue weighted by Crippen LogP contribution is 2.21. The number of amides is 1. The summed E-state index contributed by atoms with van der Waals surface area (Å²) in [6.07, 6.45) is 27.0. The largest absolute Gasteiger partial charge is 0.342 e. The molecule has 3 nitrogen and oxygen atoms in total. The minimum atomic E-state index is 0.199. The fourth-order valence-electron chi connectivity index (χ4n) is 4.63. The molecule has 0 heterocycles. The molecule has 0 aliphatic carbocycles. The van der Waals surface area contributed by atoms with Crippen LogP contribution in [0.3, 0.4) is 0 Å². The molecule has 0 aromatic rings. The van der Waals surface area contributed by atoms with Crippen molar-refractivity contribution in [3.63, 3.8) is 0 Å². The molecule has 0 bridgehead atoms. The van der Waals surface area contributed by atoms with Crippen LogP contribution in [0.2, 0.25) is 0 Å². The molecule has 0 fully saturated rings. The Balaban J connectivity index is 3.97. The first-order chi connectivity index (χ1) is 15.7. The first kappa shape index (κ1) is 31.4. The molecule has 2 N–H and O–H groups in total. The Bertz CT molecular complexity index is 377. The summed E-state index contributed by atoms with van der Waals surface area (Å²) in [6, 6.07) is 0. The highest BCUT2D eigenvalue weighted by molar-refractivity contribution is 5.78. The maximum absolute atomic E-state index is 13.2. The van der Waals surface area contributed by atoms with Gasteiger partial charge in [-0.05, 0) is 38.6 Å². The normalized spacial score (nSPS) is 12.2. The Hall–Kier alpha value is -0.570. The summed E-state index contributed by atoms with van der Waals surface area (Å²) in [7, 11) is 0. The lowest BCUT2D eigenvalue weighted by Crippen LogP contribution is -2.38. The quantitative estimate of drug-likeness (QED) is 0.141. The third-order valence-corrected chi connectivity index (χ3v) is 6.89. The molecule has 1 amide bonds. The van der Waals surface area contributed by atoms with Gasteiger partial charge in [0.2, 0.25) is 5.91 Å². The molecule has 0 spiro atoms. The second-order valence-electron chi connectivity index (χ2n) is 10.0. The van der Waals surface area contributed by atoms with E-state index in [0.29, 0.717) is 12.5 Å². The molecule has 0 aromatic heterocycles. The molecule has 1 atom stereocenters. The van der Waals surface area contributed by atoms with Gasteiger partial charge in [-0.25, -0.2) is 0 Å². The number of hydrogen-bond donors (Lipinski definition) is 1. The van der Waals surface area contributed by atoms with Crippen LogP contribution in [0.4, 0.5) is 0 Å². The van der Waals surface area contributed by atoms with Crippen molar-refractivity contribution in [1.82, 2.24) is 4.90 Å². The van der Waals surface area contributed by atoms with E-state index in [0.717, 1.165) is 58.0 Å². The lowest BCUT2D eigenvalue weighted by atomic mass is 9.93. The predicted molar refractivity (Wildman–Crippen MR) is 143 cm³/mol. The molecule has 0 aliphatic rings. The van der Waals surface area contributed by atoms with E-state index in [4.69, 9.17) is 5.73 Å². The predicted octanol–water partition coefficient (Wildman–Crippen LogP) is 8.64. The zero-order valence-corrected chi connectivity index (χ0v) is 22.5. The van der Waals surface area contributed by atoms with Gasteiger partial charge in [0.1, 0.15) is 0 Å². The number of rotatable bonds is 25. The topological polar surface area (TPSA) is 46.3 Å². The summed E-state index contributed by atoms with van der Waals surface area (Å²) >= 11 is 0. The molecule has 0 rings (SSSR count). The smallest absolute Gasteiger partial charge is 0.225 e. The van der Waals surface area contributed by atoms with Crippen molar-refractivity contribution in [2.24, 2.45) is 11.7 Å². The van der Waals surface area contributed by atoms with Gasteiger partial charge < -0.3 is 10.6 Å². The first-order valence-corrected chi connectivity index (χ1v) is 14.7. The van der Waals surface area contributed by atoms with Crippen LogP contribution in [-0.2, 0) is 4.79 Å². The second-order valence-corrected chi connectivity index (χ2v) is 10.0. The molecule has 3 heteroatoms. The van der Waals surface area contributed by atoms with Crippen molar-refractivity contribution in [1.29, 1.82) is 0 Å². The zero-order chi connectivity index (χ0) is 23.7. The van der Waals surface area contributed by atoms with Crippen molar-refractivity contribution in [2.45, 2.75) is 156 Å². The van der Waals surface area contributed by atoms with Crippen molar-refractivity contribution in [3.05, 3.63) is 0 Å². The number of hydrogen-bond acceptors (Lipinski definition) is 2. The molecule has 0 saturated carbocycles. The fraction of sp³-hybridized carbons (Fsp3) is 0.966. The number of carbonyl (C=O) groups excluding carboxylic acids is 1. The molecule has 0 saturated heterocycles. The second kappa shape index (κ2) is 25.1. The van der Waals surface area contributed by atoms with E-state index in [1.165, 1.54) is 89.9 Å². The van der Waals surface area contributed by atoms with Crippen LogP contribution in [0.1, 0.15) is 156 Å². The van der Waals surface area contributed by atoms with Crippen molar-refractivity contribution in [3.8, 4) is 0 Å². The monoisotopic (exact) mass is 452 g/mol. The SMILES string of the molecule is CCCCCCCCCCCCCCCCC(CCCN)C(=O)N(CCCC)CCCC. The highest BCUT2D eigenvalue weighted by Gasteiger charge is 2.23. The van der Waals surface area contributed by atoms with Gasteiger partial charge in [-0.2, -0.15) is 0 Å². The fourth-order valence-corrected chi connectivity index (χ4v) is 4.63. The van der Waals surface area contributed by atoms with Gasteiger partial charge in [-0.1, -0.05) is 124 Å². The van der Waals surface area contributed by atoms with E-state index in [9.17, 15) is 4.79 Å². The Labute approximate surface area is 202 Å². The molecular weight excluding hydrogens is 392 g/mol. The number of nitrogens with two attached hydrogens (primary N) is 1. The lowest BCUT2D eigenvalue weighted by molar-refractivity contribution is -0.136. The lowest BCUT2D eigenvalue weighted by Gasteiger charge is -2.27. The summed E-state index contributed by atoms with van der Waals surface area (Å²) in [6.45, 7) is 9.29. The highest BCUT2D eigenvalue weighted by atomic mass is 16.2. The van der Waals surface area contributed by atoms with Crippen LogP contribution in [-0.4, -0.2) is 30.4 Å². The van der Waals surface area contributed by atoms with Crippen LogP contribution in [0.15, 0.2) is 0 Å². The summed E-state index contributed by atoms with van der Waals surface area (Å²) < 4.78 is 0. The minimum absolute atomic E-state index is 0.199. The maximum atomic E-state index is 13.2. The van der Waals surface area contributed by atoms with Crippen molar-refractivity contribution < 1.29 is 4.79 Å². The molecule has 32 heavy (non-hydrogen) atoms. The van der Waals surface area contributed by atoms with Crippen LogP contribution >= 0.6 is 0 Å². The van der Waals surface area contributed by atoms with Gasteiger partial charge in [0.15, 0.2) is 0 Å². The van der Waals surface area contributed by atoms with Crippen LogP contribution in [0.5, 0.6) is 0 Å². The third-order valence-electron chi connectivity index (χ3n) is 6.89. The van der Waals surface area contributed by atoms with Gasteiger partial charge >= 0.3 is 0 Å². The molecule has 0 radical (unpaired) electrons. The average Bonchev–Trinajstić information content (AvgIpc) is 2.81. The summed E-state index contributed by atoms with van der Waals surface area (Å²) in [5, 5.41) is 0. The van der Waals surface area contributed by atoms with Crippen LogP contribution < -0.4 is 5.73 Å². The van der Waals surface area contributed by atoms with E-state index in [1.54, 1.807) is 0 Å². The Morgan fingerprint density at radius 1 is 0.562 bits per heavy atom. The molecular formula is C29H60N2O.